The third kappa shape index (κ3) is 7.93. The number of carbonyl (C=O) groups is 3. The summed E-state index contributed by atoms with van der Waals surface area (Å²) in [6.45, 7) is 8.47. The number of anilines is 1. The molecule has 0 radical (unpaired) electrons. The van der Waals surface area contributed by atoms with Gasteiger partial charge in [0.1, 0.15) is 0 Å². The van der Waals surface area contributed by atoms with Crippen molar-refractivity contribution in [2.45, 2.75) is 76.8 Å². The number of ether oxygens (including phenoxy) is 1. The largest absolute Gasteiger partial charge is 0.381 e. The molecule has 0 atom stereocenters. The Morgan fingerprint density at radius 3 is 2.61 bits per heavy atom. The zero-order chi connectivity index (χ0) is 26.7. The molecule has 2 N–H and O–H groups in total. The first-order valence-corrected chi connectivity index (χ1v) is 14.6. The molecule has 1 aromatic carbocycles. The molecule has 0 spiro atoms. The van der Waals surface area contributed by atoms with Crippen LogP contribution in [0.3, 0.4) is 0 Å². The Balaban J connectivity index is 1.12. The zero-order valence-corrected chi connectivity index (χ0v) is 23.0. The lowest BCUT2D eigenvalue weighted by atomic mass is 10.0. The fourth-order valence-electron chi connectivity index (χ4n) is 5.99. The maximum atomic E-state index is 12.9. The van der Waals surface area contributed by atoms with Crippen LogP contribution in [0.5, 0.6) is 0 Å². The summed E-state index contributed by atoms with van der Waals surface area (Å²) in [4.78, 5) is 44.3. The van der Waals surface area contributed by atoms with Gasteiger partial charge in [-0.15, -0.1) is 0 Å². The maximum Gasteiger partial charge on any atom is 0.322 e. The molecule has 9 nitrogen and oxygen atoms in total. The van der Waals surface area contributed by atoms with Crippen LogP contribution in [-0.2, 0) is 20.7 Å². The highest BCUT2D eigenvalue weighted by Gasteiger charge is 2.30. The van der Waals surface area contributed by atoms with Crippen molar-refractivity contribution in [3.63, 3.8) is 0 Å². The average Bonchev–Trinajstić information content (AvgIpc) is 2.94. The molecule has 38 heavy (non-hydrogen) atoms. The van der Waals surface area contributed by atoms with Crippen LogP contribution in [0.15, 0.2) is 24.3 Å². The van der Waals surface area contributed by atoms with Crippen LogP contribution in [0.25, 0.3) is 0 Å². The second kappa shape index (κ2) is 14.5. The van der Waals surface area contributed by atoms with Crippen molar-refractivity contribution in [3.8, 4) is 0 Å². The monoisotopic (exact) mass is 527 g/mol. The van der Waals surface area contributed by atoms with Crippen LogP contribution in [0, 0.1) is 0 Å². The van der Waals surface area contributed by atoms with Crippen LogP contribution in [-0.4, -0.2) is 97.1 Å². The molecule has 4 amide bonds. The Morgan fingerprint density at radius 2 is 1.84 bits per heavy atom. The van der Waals surface area contributed by atoms with Gasteiger partial charge in [-0.2, -0.15) is 0 Å². The number of nitrogens with one attached hydrogen (secondary N) is 2. The molecule has 0 unspecified atom stereocenters. The Hall–Kier alpha value is -2.65. The highest BCUT2D eigenvalue weighted by molar-refractivity contribution is 5.90. The molecule has 2 saturated heterocycles. The van der Waals surface area contributed by atoms with E-state index < -0.39 is 0 Å². The Bertz CT molecular complexity index is 927. The number of nitrogens with zero attached hydrogens (tertiary/aromatic N) is 3. The number of hydrogen-bond donors (Lipinski definition) is 2. The summed E-state index contributed by atoms with van der Waals surface area (Å²) in [5.41, 5.74) is 2.08. The smallest absolute Gasteiger partial charge is 0.322 e. The van der Waals surface area contributed by atoms with Gasteiger partial charge in [0.15, 0.2) is 0 Å². The number of urea groups is 1. The highest BCUT2D eigenvalue weighted by Crippen LogP contribution is 2.24. The van der Waals surface area contributed by atoms with Gasteiger partial charge in [-0.3, -0.25) is 9.59 Å². The topological polar surface area (TPSA) is 94.2 Å². The van der Waals surface area contributed by atoms with Crippen molar-refractivity contribution in [2.24, 2.45) is 0 Å². The van der Waals surface area contributed by atoms with Gasteiger partial charge in [0.2, 0.25) is 11.8 Å². The van der Waals surface area contributed by atoms with Crippen molar-refractivity contribution in [2.75, 3.05) is 57.8 Å². The number of piperidine rings is 1. The van der Waals surface area contributed by atoms with Crippen molar-refractivity contribution >= 4 is 23.5 Å². The van der Waals surface area contributed by atoms with Gasteiger partial charge in [-0.05, 0) is 63.1 Å². The van der Waals surface area contributed by atoms with E-state index >= 15 is 0 Å². The van der Waals surface area contributed by atoms with Crippen molar-refractivity contribution in [3.05, 3.63) is 29.8 Å². The minimum absolute atomic E-state index is 0.0290. The standard InChI is InChI=1S/C29H45N5O4/c1-2-32(24-14-21-38-22-15-24)17-6-16-30-27(35)10-11-28(36)33-19-12-25(13-20-33)34-18-5-8-23-7-3-4-9-26(23)31-29(34)37/h3-4,7,9,24-25H,2,5-6,8,10-22H2,1H3,(H,30,35)(H,31,37). The maximum absolute atomic E-state index is 12.9. The van der Waals surface area contributed by atoms with Gasteiger partial charge in [0.05, 0.1) is 0 Å². The highest BCUT2D eigenvalue weighted by atomic mass is 16.5. The van der Waals surface area contributed by atoms with E-state index in [2.05, 4.69) is 28.5 Å². The third-order valence-electron chi connectivity index (χ3n) is 8.25. The minimum Gasteiger partial charge on any atom is -0.381 e. The first-order chi connectivity index (χ1) is 18.5. The number of aryl methyl sites for hydroxylation is 1. The summed E-state index contributed by atoms with van der Waals surface area (Å²) in [6, 6.07) is 8.66. The first kappa shape index (κ1) is 28.4. The van der Waals surface area contributed by atoms with Crippen molar-refractivity contribution in [1.29, 1.82) is 0 Å². The van der Waals surface area contributed by atoms with E-state index in [1.165, 1.54) is 5.56 Å². The second-order valence-corrected chi connectivity index (χ2v) is 10.7. The number of carbonyl (C=O) groups excluding carboxylic acids is 3. The van der Waals surface area contributed by atoms with Gasteiger partial charge in [-0.1, -0.05) is 25.1 Å². The van der Waals surface area contributed by atoms with Crippen LogP contribution >= 0.6 is 0 Å². The number of para-hydroxylation sites is 1. The van der Waals surface area contributed by atoms with E-state index in [0.717, 1.165) is 83.5 Å². The summed E-state index contributed by atoms with van der Waals surface area (Å²) in [5, 5.41) is 6.06. The van der Waals surface area contributed by atoms with E-state index in [-0.39, 0.29) is 36.7 Å². The zero-order valence-electron chi connectivity index (χ0n) is 23.0. The number of benzene rings is 1. The third-order valence-corrected chi connectivity index (χ3v) is 8.25. The molecule has 3 aliphatic rings. The lowest BCUT2D eigenvalue weighted by molar-refractivity contribution is -0.134. The Morgan fingerprint density at radius 1 is 1.08 bits per heavy atom. The van der Waals surface area contributed by atoms with Gasteiger partial charge < -0.3 is 30.1 Å². The predicted octanol–water partition coefficient (Wildman–Crippen LogP) is 3.25. The average molecular weight is 528 g/mol. The number of likely N-dealkylation sites (tertiary alicyclic amines) is 1. The van der Waals surface area contributed by atoms with Crippen molar-refractivity contribution in [1.82, 2.24) is 20.0 Å². The van der Waals surface area contributed by atoms with Gasteiger partial charge >= 0.3 is 6.03 Å². The van der Waals surface area contributed by atoms with E-state index in [1.54, 1.807) is 0 Å². The summed E-state index contributed by atoms with van der Waals surface area (Å²) >= 11 is 0. The molecule has 0 bridgehead atoms. The summed E-state index contributed by atoms with van der Waals surface area (Å²) in [5.74, 6) is -0.0266. The predicted molar refractivity (Wildman–Crippen MR) is 148 cm³/mol. The van der Waals surface area contributed by atoms with E-state index in [1.807, 2.05) is 28.0 Å². The molecule has 210 valence electrons. The van der Waals surface area contributed by atoms with Crippen LogP contribution in [0.2, 0.25) is 0 Å². The fourth-order valence-corrected chi connectivity index (χ4v) is 5.99. The Kier molecular flexibility index (Phi) is 10.8. The molecular formula is C29H45N5O4. The van der Waals surface area contributed by atoms with E-state index in [4.69, 9.17) is 4.74 Å². The molecule has 1 aromatic rings. The first-order valence-electron chi connectivity index (χ1n) is 14.6. The Labute approximate surface area is 227 Å². The molecule has 3 aliphatic heterocycles. The fraction of sp³-hybridized carbons (Fsp3) is 0.690. The molecular weight excluding hydrogens is 482 g/mol. The quantitative estimate of drug-likeness (QED) is 0.456. The summed E-state index contributed by atoms with van der Waals surface area (Å²) in [7, 11) is 0. The van der Waals surface area contributed by atoms with Crippen LogP contribution < -0.4 is 10.6 Å². The molecule has 3 heterocycles. The molecule has 2 fully saturated rings. The van der Waals surface area contributed by atoms with Crippen LogP contribution in [0.4, 0.5) is 10.5 Å². The lowest BCUT2D eigenvalue weighted by Gasteiger charge is -2.39. The van der Waals surface area contributed by atoms with Gasteiger partial charge in [-0.25, -0.2) is 4.79 Å². The normalized spacial score (nSPS) is 19.5. The summed E-state index contributed by atoms with van der Waals surface area (Å²) in [6.07, 6.45) is 6.96. The number of hydrogen-bond acceptors (Lipinski definition) is 5. The number of rotatable bonds is 10. The van der Waals surface area contributed by atoms with Gasteiger partial charge in [0.25, 0.3) is 0 Å². The molecule has 0 aromatic heterocycles. The van der Waals surface area contributed by atoms with Gasteiger partial charge in [0, 0.05) is 76.6 Å². The second-order valence-electron chi connectivity index (χ2n) is 10.7. The minimum atomic E-state index is -0.0556. The number of amides is 4. The van der Waals surface area contributed by atoms with E-state index in [9.17, 15) is 14.4 Å². The van der Waals surface area contributed by atoms with Crippen molar-refractivity contribution < 1.29 is 19.1 Å². The molecule has 4 rings (SSSR count). The molecule has 9 heteroatoms. The van der Waals surface area contributed by atoms with Crippen LogP contribution in [0.1, 0.15) is 63.9 Å². The molecule has 0 saturated carbocycles. The lowest BCUT2D eigenvalue weighted by Crippen LogP contribution is -2.50. The van der Waals surface area contributed by atoms with E-state index in [0.29, 0.717) is 25.7 Å². The SMILES string of the molecule is CCN(CCCNC(=O)CCC(=O)N1CCC(N2CCCc3ccccc3NC2=O)CC1)C1CCOCC1. The molecule has 0 aliphatic carbocycles. The summed E-state index contributed by atoms with van der Waals surface area (Å²) < 4.78 is 5.47. The number of fused-ring (bicyclic) bond motifs is 1.